The molecule has 0 N–H and O–H groups in total. The Kier molecular flexibility index (Phi) is 4.69. The van der Waals surface area contributed by atoms with Crippen LogP contribution in [0.1, 0.15) is 20.8 Å². The summed E-state index contributed by atoms with van der Waals surface area (Å²) in [5.41, 5.74) is 0.926. The van der Waals surface area contributed by atoms with E-state index in [1.54, 1.807) is 6.21 Å². The zero-order chi connectivity index (χ0) is 7.11. The molecule has 2 heteroatoms. The predicted octanol–water partition coefficient (Wildman–Crippen LogP) is 2.03. The molecule has 0 unspecified atom stereocenters. The molecule has 0 heterocycles. The molecule has 0 aromatic carbocycles. The monoisotopic (exact) mass is 124 g/mol. The summed E-state index contributed by atoms with van der Waals surface area (Å²) in [7, 11) is 0. The van der Waals surface area contributed by atoms with Gasteiger partial charge >= 0.3 is 0 Å². The Morgan fingerprint density at radius 2 is 2.00 bits per heavy atom. The van der Waals surface area contributed by atoms with Gasteiger partial charge in [-0.1, -0.05) is 6.08 Å². The maximum absolute atomic E-state index is 3.83. The Morgan fingerprint density at radius 3 is 2.44 bits per heavy atom. The van der Waals surface area contributed by atoms with Crippen molar-refractivity contribution in [3.05, 3.63) is 12.2 Å². The molecule has 0 rings (SSSR count). The molecule has 0 fully saturated rings. The van der Waals surface area contributed by atoms with Crippen LogP contribution in [0.4, 0.5) is 0 Å². The van der Waals surface area contributed by atoms with Crippen LogP contribution in [-0.4, -0.2) is 11.9 Å². The van der Waals surface area contributed by atoms with Gasteiger partial charge in [-0.3, -0.25) is 0 Å². The lowest BCUT2D eigenvalue weighted by Gasteiger charge is -1.82. The second-order valence-electron chi connectivity index (χ2n) is 1.62. The third-order valence-electron chi connectivity index (χ3n) is 0.739. The van der Waals surface area contributed by atoms with E-state index in [1.165, 1.54) is 0 Å². The van der Waals surface area contributed by atoms with Crippen molar-refractivity contribution < 1.29 is 0 Å². The first-order chi connectivity index (χ1) is 4.31. The van der Waals surface area contributed by atoms with Crippen LogP contribution in [0.15, 0.2) is 22.4 Å². The van der Waals surface area contributed by atoms with E-state index in [9.17, 15) is 0 Å². The Bertz CT molecular complexity index is 143. The van der Waals surface area contributed by atoms with Crippen molar-refractivity contribution in [1.29, 1.82) is 0 Å². The van der Waals surface area contributed by atoms with Gasteiger partial charge in [-0.05, 0) is 26.8 Å². The molecule has 0 atom stereocenters. The van der Waals surface area contributed by atoms with E-state index >= 15 is 0 Å². The number of rotatable bonds is 2. The van der Waals surface area contributed by atoms with Gasteiger partial charge in [-0.25, -0.2) is 0 Å². The van der Waals surface area contributed by atoms with Crippen LogP contribution in [0.25, 0.3) is 0 Å². The lowest BCUT2D eigenvalue weighted by molar-refractivity contribution is 1.24. The van der Waals surface area contributed by atoms with Crippen molar-refractivity contribution >= 4 is 11.9 Å². The molecule has 0 saturated carbocycles. The maximum atomic E-state index is 3.83. The molecule has 0 aliphatic carbocycles. The fourth-order valence-corrected chi connectivity index (χ4v) is 0.423. The van der Waals surface area contributed by atoms with Crippen molar-refractivity contribution in [3.63, 3.8) is 0 Å². The predicted molar refractivity (Wildman–Crippen MR) is 42.1 cm³/mol. The van der Waals surface area contributed by atoms with Gasteiger partial charge in [0.15, 0.2) is 0 Å². The van der Waals surface area contributed by atoms with Crippen molar-refractivity contribution in [2.24, 2.45) is 10.2 Å². The summed E-state index contributed by atoms with van der Waals surface area (Å²) < 4.78 is 0. The van der Waals surface area contributed by atoms with Gasteiger partial charge in [-0.2, -0.15) is 10.2 Å². The number of nitrogens with zero attached hydrogens (tertiary/aromatic N) is 2. The van der Waals surface area contributed by atoms with E-state index in [4.69, 9.17) is 0 Å². The standard InChI is InChI=1S/C7H12N2/c1-4-6-7(3)9-8-5-2/h4-6H,1-3H3/b6-4-,8-5-,9-7-. The minimum Gasteiger partial charge on any atom is -0.164 e. The molecule has 0 aromatic heterocycles. The fourth-order valence-electron chi connectivity index (χ4n) is 0.423. The highest BCUT2D eigenvalue weighted by Crippen LogP contribution is 1.80. The highest BCUT2D eigenvalue weighted by Gasteiger charge is 1.75. The molecule has 0 radical (unpaired) electrons. The molecule has 0 aliphatic rings. The largest absolute Gasteiger partial charge is 0.164 e. The first-order valence-corrected chi connectivity index (χ1v) is 2.96. The van der Waals surface area contributed by atoms with Gasteiger partial charge in [0.1, 0.15) is 0 Å². The molecule has 0 saturated heterocycles. The smallest absolute Gasteiger partial charge is 0.0596 e. The van der Waals surface area contributed by atoms with Gasteiger partial charge < -0.3 is 0 Å². The summed E-state index contributed by atoms with van der Waals surface area (Å²) in [5, 5.41) is 7.53. The summed E-state index contributed by atoms with van der Waals surface area (Å²) >= 11 is 0. The molecule has 0 spiro atoms. The van der Waals surface area contributed by atoms with Crippen LogP contribution in [0.3, 0.4) is 0 Å². The van der Waals surface area contributed by atoms with Gasteiger partial charge in [0.05, 0.1) is 5.71 Å². The molecule has 0 aromatic rings. The number of hydrogen-bond acceptors (Lipinski definition) is 2. The van der Waals surface area contributed by atoms with E-state index in [2.05, 4.69) is 10.2 Å². The third kappa shape index (κ3) is 4.94. The van der Waals surface area contributed by atoms with Crippen LogP contribution >= 0.6 is 0 Å². The highest BCUT2D eigenvalue weighted by atomic mass is 15.2. The second-order valence-corrected chi connectivity index (χ2v) is 1.62. The molecular weight excluding hydrogens is 112 g/mol. The lowest BCUT2D eigenvalue weighted by atomic mass is 10.4. The van der Waals surface area contributed by atoms with Gasteiger partial charge in [0, 0.05) is 6.21 Å². The lowest BCUT2D eigenvalue weighted by Crippen LogP contribution is -1.80. The molecule has 2 nitrogen and oxygen atoms in total. The van der Waals surface area contributed by atoms with E-state index in [0.29, 0.717) is 0 Å². The van der Waals surface area contributed by atoms with Gasteiger partial charge in [-0.15, -0.1) is 0 Å². The van der Waals surface area contributed by atoms with Crippen LogP contribution in [0, 0.1) is 0 Å². The second kappa shape index (κ2) is 5.22. The van der Waals surface area contributed by atoms with Crippen molar-refractivity contribution in [2.45, 2.75) is 20.8 Å². The molecule has 0 bridgehead atoms. The van der Waals surface area contributed by atoms with Crippen LogP contribution in [0.2, 0.25) is 0 Å². The minimum absolute atomic E-state index is 0.926. The SMILES string of the molecule is C\C=C/C(C)=N\N=C/C. The summed E-state index contributed by atoms with van der Waals surface area (Å²) in [5.74, 6) is 0. The summed E-state index contributed by atoms with van der Waals surface area (Å²) in [6.45, 7) is 5.70. The zero-order valence-electron chi connectivity index (χ0n) is 6.13. The van der Waals surface area contributed by atoms with Gasteiger partial charge in [0.2, 0.25) is 0 Å². The number of allylic oxidation sites excluding steroid dienone is 2. The Labute approximate surface area is 56.0 Å². The first kappa shape index (κ1) is 8.08. The average Bonchev–Trinajstić information content (AvgIpc) is 1.85. The minimum atomic E-state index is 0.926. The topological polar surface area (TPSA) is 24.7 Å². The van der Waals surface area contributed by atoms with Crippen LogP contribution in [0.5, 0.6) is 0 Å². The molecule has 50 valence electrons. The Morgan fingerprint density at radius 1 is 1.33 bits per heavy atom. The molecular formula is C7H12N2. The van der Waals surface area contributed by atoms with E-state index in [-0.39, 0.29) is 0 Å². The third-order valence-corrected chi connectivity index (χ3v) is 0.739. The van der Waals surface area contributed by atoms with Gasteiger partial charge in [0.25, 0.3) is 0 Å². The highest BCUT2D eigenvalue weighted by molar-refractivity contribution is 5.92. The zero-order valence-corrected chi connectivity index (χ0v) is 6.13. The van der Waals surface area contributed by atoms with Crippen LogP contribution in [-0.2, 0) is 0 Å². The van der Waals surface area contributed by atoms with E-state index in [1.807, 2.05) is 32.9 Å². The van der Waals surface area contributed by atoms with E-state index < -0.39 is 0 Å². The van der Waals surface area contributed by atoms with E-state index in [0.717, 1.165) is 5.71 Å². The molecule has 9 heavy (non-hydrogen) atoms. The normalized spacial score (nSPS) is 13.9. The van der Waals surface area contributed by atoms with Crippen LogP contribution < -0.4 is 0 Å². The Hall–Kier alpha value is -0.920. The summed E-state index contributed by atoms with van der Waals surface area (Å²) in [4.78, 5) is 0. The summed E-state index contributed by atoms with van der Waals surface area (Å²) in [6, 6.07) is 0. The first-order valence-electron chi connectivity index (χ1n) is 2.96. The average molecular weight is 124 g/mol. The summed E-state index contributed by atoms with van der Waals surface area (Å²) in [6.07, 6.45) is 5.50. The molecule has 0 aliphatic heterocycles. The maximum Gasteiger partial charge on any atom is 0.0596 e. The van der Waals surface area contributed by atoms with Crippen molar-refractivity contribution in [2.75, 3.05) is 0 Å². The Balaban J connectivity index is 3.84. The quantitative estimate of drug-likeness (QED) is 0.397. The fraction of sp³-hybridized carbons (Fsp3) is 0.429. The number of hydrogen-bond donors (Lipinski definition) is 0. The van der Waals surface area contributed by atoms with Crippen molar-refractivity contribution in [3.8, 4) is 0 Å². The van der Waals surface area contributed by atoms with Crippen molar-refractivity contribution in [1.82, 2.24) is 0 Å². The molecule has 0 amide bonds.